The summed E-state index contributed by atoms with van der Waals surface area (Å²) in [6.45, 7) is 2.94. The van der Waals surface area contributed by atoms with Gasteiger partial charge in [-0.05, 0) is 53.2 Å². The van der Waals surface area contributed by atoms with Crippen LogP contribution in [0.15, 0.2) is 53.9 Å². The summed E-state index contributed by atoms with van der Waals surface area (Å²) in [7, 11) is -3.66. The molecule has 3 heterocycles. The van der Waals surface area contributed by atoms with Crippen LogP contribution in [0.3, 0.4) is 0 Å². The average Bonchev–Trinajstić information content (AvgIpc) is 3.28. The smallest absolute Gasteiger partial charge is 0.255 e. The normalized spacial score (nSPS) is 15.4. The van der Waals surface area contributed by atoms with E-state index in [1.54, 1.807) is 48.4 Å². The molecule has 0 bridgehead atoms. The summed E-state index contributed by atoms with van der Waals surface area (Å²) < 4.78 is 29.0. The number of carbonyl (C=O) groups is 1. The van der Waals surface area contributed by atoms with Crippen molar-refractivity contribution in [2.45, 2.75) is 11.8 Å². The molecule has 29 heavy (non-hydrogen) atoms. The number of hydrogen-bond acceptors (Lipinski definition) is 7. The number of carbonyl (C=O) groups excluding carboxylic acids is 1. The number of piperazine rings is 1. The van der Waals surface area contributed by atoms with Crippen LogP contribution in [0.2, 0.25) is 0 Å². The SMILES string of the molecule is Cc1cc(S(=O)(=O)N2CCN(C(=O)c3cccnc3)CC2)ccc1-n1cnnn1. The number of amides is 1. The molecule has 1 aliphatic rings. The van der Waals surface area contributed by atoms with E-state index in [0.29, 0.717) is 24.3 Å². The van der Waals surface area contributed by atoms with Crippen molar-refractivity contribution >= 4 is 15.9 Å². The Bertz CT molecular complexity index is 1110. The van der Waals surface area contributed by atoms with Crippen molar-refractivity contribution in [1.29, 1.82) is 0 Å². The van der Waals surface area contributed by atoms with Gasteiger partial charge < -0.3 is 4.90 Å². The van der Waals surface area contributed by atoms with E-state index in [0.717, 1.165) is 5.56 Å². The molecular weight excluding hydrogens is 394 g/mol. The predicted octanol–water partition coefficient (Wildman–Crippen LogP) is 0.512. The topological polar surface area (TPSA) is 114 Å². The van der Waals surface area contributed by atoms with E-state index in [-0.39, 0.29) is 23.9 Å². The van der Waals surface area contributed by atoms with Crippen molar-refractivity contribution in [1.82, 2.24) is 34.4 Å². The molecule has 1 aliphatic heterocycles. The van der Waals surface area contributed by atoms with Crippen molar-refractivity contribution < 1.29 is 13.2 Å². The lowest BCUT2D eigenvalue weighted by molar-refractivity contribution is 0.0697. The maximum atomic E-state index is 13.0. The van der Waals surface area contributed by atoms with Gasteiger partial charge in [0.25, 0.3) is 5.91 Å². The van der Waals surface area contributed by atoms with Crippen LogP contribution >= 0.6 is 0 Å². The van der Waals surface area contributed by atoms with Gasteiger partial charge in [0.2, 0.25) is 10.0 Å². The third-order valence-electron chi connectivity index (χ3n) is 4.84. The Balaban J connectivity index is 1.48. The van der Waals surface area contributed by atoms with Crippen molar-refractivity contribution in [3.05, 3.63) is 60.2 Å². The molecule has 1 saturated heterocycles. The van der Waals surface area contributed by atoms with Crippen molar-refractivity contribution in [2.24, 2.45) is 0 Å². The molecule has 4 rings (SSSR count). The highest BCUT2D eigenvalue weighted by molar-refractivity contribution is 7.89. The first-order valence-electron chi connectivity index (χ1n) is 9.00. The number of aryl methyl sites for hydroxylation is 1. The molecule has 0 radical (unpaired) electrons. The fourth-order valence-corrected chi connectivity index (χ4v) is 4.78. The zero-order chi connectivity index (χ0) is 20.4. The van der Waals surface area contributed by atoms with Gasteiger partial charge in [0, 0.05) is 38.6 Å². The van der Waals surface area contributed by atoms with Crippen LogP contribution in [0.25, 0.3) is 5.69 Å². The van der Waals surface area contributed by atoms with Gasteiger partial charge in [0.1, 0.15) is 6.33 Å². The molecular formula is C18H19N7O3S. The van der Waals surface area contributed by atoms with Crippen LogP contribution in [-0.4, -0.2) is 74.9 Å². The van der Waals surface area contributed by atoms with Gasteiger partial charge in [-0.25, -0.2) is 13.1 Å². The summed E-state index contributed by atoms with van der Waals surface area (Å²) in [5.41, 5.74) is 1.95. The Labute approximate surface area is 167 Å². The first-order chi connectivity index (χ1) is 14.0. The summed E-state index contributed by atoms with van der Waals surface area (Å²) >= 11 is 0. The van der Waals surface area contributed by atoms with Gasteiger partial charge >= 0.3 is 0 Å². The zero-order valence-electron chi connectivity index (χ0n) is 15.7. The molecule has 11 heteroatoms. The fourth-order valence-electron chi connectivity index (χ4n) is 3.27. The van der Waals surface area contributed by atoms with Gasteiger partial charge in [-0.2, -0.15) is 4.31 Å². The van der Waals surface area contributed by atoms with Gasteiger partial charge in [0.15, 0.2) is 0 Å². The number of sulfonamides is 1. The quantitative estimate of drug-likeness (QED) is 0.612. The predicted molar refractivity (Wildman–Crippen MR) is 103 cm³/mol. The lowest BCUT2D eigenvalue weighted by atomic mass is 10.2. The molecule has 150 valence electrons. The highest BCUT2D eigenvalue weighted by Crippen LogP contribution is 2.22. The minimum Gasteiger partial charge on any atom is -0.336 e. The fraction of sp³-hybridized carbons (Fsp3) is 0.278. The zero-order valence-corrected chi connectivity index (χ0v) is 16.5. The minimum atomic E-state index is -3.66. The van der Waals surface area contributed by atoms with E-state index in [9.17, 15) is 13.2 Å². The number of hydrogen-bond donors (Lipinski definition) is 0. The minimum absolute atomic E-state index is 0.142. The van der Waals surface area contributed by atoms with Crippen molar-refractivity contribution in [3.63, 3.8) is 0 Å². The molecule has 0 aliphatic carbocycles. The molecule has 10 nitrogen and oxygen atoms in total. The lowest BCUT2D eigenvalue weighted by Crippen LogP contribution is -2.50. The number of benzene rings is 1. The molecule has 1 fully saturated rings. The van der Waals surface area contributed by atoms with Crippen LogP contribution in [0.1, 0.15) is 15.9 Å². The molecule has 0 spiro atoms. The van der Waals surface area contributed by atoms with Crippen LogP contribution in [-0.2, 0) is 10.0 Å². The van der Waals surface area contributed by atoms with Gasteiger partial charge in [-0.1, -0.05) is 0 Å². The van der Waals surface area contributed by atoms with Crippen LogP contribution in [0.5, 0.6) is 0 Å². The van der Waals surface area contributed by atoms with E-state index in [1.807, 2.05) is 0 Å². The first kappa shape index (κ1) is 19.2. The second-order valence-electron chi connectivity index (χ2n) is 6.64. The molecule has 0 unspecified atom stereocenters. The van der Waals surface area contributed by atoms with E-state index < -0.39 is 10.0 Å². The highest BCUT2D eigenvalue weighted by atomic mass is 32.2. The number of nitrogens with zero attached hydrogens (tertiary/aromatic N) is 7. The summed E-state index contributed by atoms with van der Waals surface area (Å²) in [5.74, 6) is -0.142. The Morgan fingerprint density at radius 2 is 1.90 bits per heavy atom. The maximum Gasteiger partial charge on any atom is 0.255 e. The number of tetrazole rings is 1. The lowest BCUT2D eigenvalue weighted by Gasteiger charge is -2.34. The van der Waals surface area contributed by atoms with E-state index in [4.69, 9.17) is 0 Å². The first-order valence-corrected chi connectivity index (χ1v) is 10.4. The van der Waals surface area contributed by atoms with Gasteiger partial charge in [0.05, 0.1) is 16.1 Å². The largest absolute Gasteiger partial charge is 0.336 e. The van der Waals surface area contributed by atoms with Crippen molar-refractivity contribution in [2.75, 3.05) is 26.2 Å². The summed E-state index contributed by atoms with van der Waals surface area (Å²) in [6.07, 6.45) is 4.57. The molecule has 3 aromatic rings. The van der Waals surface area contributed by atoms with E-state index >= 15 is 0 Å². The van der Waals surface area contributed by atoms with Crippen LogP contribution < -0.4 is 0 Å². The maximum absolute atomic E-state index is 13.0. The Kier molecular flexibility index (Phi) is 5.07. The number of pyridine rings is 1. The average molecular weight is 413 g/mol. The van der Waals surface area contributed by atoms with Crippen LogP contribution in [0.4, 0.5) is 0 Å². The summed E-state index contributed by atoms with van der Waals surface area (Å²) in [5, 5.41) is 11.0. The van der Waals surface area contributed by atoms with Crippen LogP contribution in [0, 0.1) is 6.92 Å². The second kappa shape index (κ2) is 7.68. The third kappa shape index (κ3) is 3.74. The number of aromatic nitrogens is 5. The third-order valence-corrected chi connectivity index (χ3v) is 6.73. The summed E-state index contributed by atoms with van der Waals surface area (Å²) in [4.78, 5) is 18.3. The Morgan fingerprint density at radius 1 is 1.10 bits per heavy atom. The molecule has 2 aromatic heterocycles. The van der Waals surface area contributed by atoms with Gasteiger partial charge in [-0.15, -0.1) is 5.10 Å². The number of rotatable bonds is 4. The molecule has 0 saturated carbocycles. The monoisotopic (exact) mass is 413 g/mol. The van der Waals surface area contributed by atoms with Gasteiger partial charge in [-0.3, -0.25) is 9.78 Å². The molecule has 1 amide bonds. The standard InChI is InChI=1S/C18H19N7O3S/c1-14-11-16(4-5-17(14)25-13-20-21-22-25)29(27,28)24-9-7-23(8-10-24)18(26)15-3-2-6-19-12-15/h2-6,11-13H,7-10H2,1H3. The van der Waals surface area contributed by atoms with E-state index in [2.05, 4.69) is 20.5 Å². The molecule has 0 atom stereocenters. The Hall–Kier alpha value is -3.18. The Morgan fingerprint density at radius 3 is 2.52 bits per heavy atom. The van der Waals surface area contributed by atoms with Crippen molar-refractivity contribution in [3.8, 4) is 5.69 Å². The highest BCUT2D eigenvalue weighted by Gasteiger charge is 2.30. The summed E-state index contributed by atoms with van der Waals surface area (Å²) in [6, 6.07) is 8.25. The van der Waals surface area contributed by atoms with E-state index in [1.165, 1.54) is 21.5 Å². The molecule has 0 N–H and O–H groups in total. The molecule has 1 aromatic carbocycles. The second-order valence-corrected chi connectivity index (χ2v) is 8.58.